The number of aliphatic hydroxyl groups excluding tert-OH is 1. The minimum absolute atomic E-state index is 0.237. The van der Waals surface area contributed by atoms with Gasteiger partial charge in [-0.25, -0.2) is 4.68 Å². The van der Waals surface area contributed by atoms with Crippen molar-refractivity contribution in [2.45, 2.75) is 50.2 Å². The van der Waals surface area contributed by atoms with Crippen LogP contribution in [-0.4, -0.2) is 65.3 Å². The highest BCUT2D eigenvalue weighted by Gasteiger charge is 2.26. The van der Waals surface area contributed by atoms with Crippen molar-refractivity contribution < 1.29 is 9.84 Å². The Hall–Kier alpha value is -2.59. The van der Waals surface area contributed by atoms with Gasteiger partial charge < -0.3 is 20.1 Å². The topological polar surface area (TPSA) is 117 Å². The first-order chi connectivity index (χ1) is 13.7. The molecule has 10 nitrogen and oxygen atoms in total. The molecule has 0 bridgehead atoms. The molecular weight excluding hydrogens is 360 g/mol. The van der Waals surface area contributed by atoms with Crippen LogP contribution in [0.1, 0.15) is 43.7 Å². The molecule has 1 N–H and O–H groups in total. The Morgan fingerprint density at radius 2 is 2.11 bits per heavy atom. The van der Waals surface area contributed by atoms with E-state index < -0.39 is 6.10 Å². The summed E-state index contributed by atoms with van der Waals surface area (Å²) in [4.78, 5) is 4.41. The molecule has 3 aromatic rings. The molecule has 2 aliphatic rings. The van der Waals surface area contributed by atoms with Crippen LogP contribution >= 0.6 is 0 Å². The number of fused-ring (bicyclic) bond motifs is 1. The Labute approximate surface area is 161 Å². The number of aryl methyl sites for hydroxylation is 1. The predicted octanol–water partition coefficient (Wildman–Crippen LogP) is 1.73. The summed E-state index contributed by atoms with van der Waals surface area (Å²) in [6.07, 6.45) is 6.50. The quantitative estimate of drug-likeness (QED) is 0.729. The van der Waals surface area contributed by atoms with Crippen LogP contribution in [-0.2, 0) is 11.8 Å². The smallest absolute Gasteiger partial charge is 0.183 e. The zero-order chi connectivity index (χ0) is 19.1. The van der Waals surface area contributed by atoms with Crippen LogP contribution in [0.3, 0.4) is 0 Å². The minimum atomic E-state index is -0.618. The number of hydrogen-bond donors (Lipinski definition) is 1. The second-order valence-electron chi connectivity index (χ2n) is 7.57. The molecular formula is C18H23N8O2-. The molecule has 1 saturated heterocycles. The van der Waals surface area contributed by atoms with Gasteiger partial charge in [-0.15, -0.1) is 5.10 Å². The van der Waals surface area contributed by atoms with Crippen molar-refractivity contribution in [2.24, 2.45) is 7.05 Å². The highest BCUT2D eigenvalue weighted by Crippen LogP contribution is 2.40. The van der Waals surface area contributed by atoms with E-state index in [0.29, 0.717) is 31.5 Å². The number of nitrogens with zero attached hydrogens (tertiary/aromatic N) is 8. The van der Waals surface area contributed by atoms with Crippen molar-refractivity contribution in [1.29, 1.82) is 0 Å². The number of hydrogen-bond acceptors (Lipinski definition) is 7. The van der Waals surface area contributed by atoms with E-state index in [1.165, 1.54) is 12.8 Å². The fourth-order valence-electron chi connectivity index (χ4n) is 4.28. The molecule has 0 radical (unpaired) electrons. The van der Waals surface area contributed by atoms with Crippen LogP contribution in [0, 0.1) is 0 Å². The lowest BCUT2D eigenvalue weighted by Gasteiger charge is -2.31. The van der Waals surface area contributed by atoms with Gasteiger partial charge in [0.1, 0.15) is 0 Å². The van der Waals surface area contributed by atoms with Gasteiger partial charge in [-0.2, -0.15) is 0 Å². The lowest BCUT2D eigenvalue weighted by atomic mass is 10.00. The Kier molecular flexibility index (Phi) is 4.44. The standard InChI is InChI=1S/C18H23N8O2/c1-25-17(21-23-24-25)13-8-12-9-19-18(20-14-6-7-28-10-15(14)27)22-26(12)16(13)11-4-2-3-5-11/h8-9,11,14-15,27H,2-7,10H2,1H3/q-1/t14?,15-/m1/s1. The fraction of sp³-hybridized carbons (Fsp3) is 0.611. The molecule has 3 aromatic heterocycles. The average molecular weight is 383 g/mol. The summed E-state index contributed by atoms with van der Waals surface area (Å²) >= 11 is 0. The lowest BCUT2D eigenvalue weighted by Crippen LogP contribution is -2.35. The van der Waals surface area contributed by atoms with E-state index in [2.05, 4.69) is 25.8 Å². The van der Waals surface area contributed by atoms with Crippen molar-refractivity contribution in [3.8, 4) is 11.4 Å². The van der Waals surface area contributed by atoms with E-state index >= 15 is 0 Å². The van der Waals surface area contributed by atoms with Crippen molar-refractivity contribution in [3.63, 3.8) is 0 Å². The van der Waals surface area contributed by atoms with Gasteiger partial charge in [-0.05, 0) is 42.0 Å². The molecule has 1 aliphatic carbocycles. The van der Waals surface area contributed by atoms with Gasteiger partial charge in [0.05, 0.1) is 18.2 Å². The predicted molar refractivity (Wildman–Crippen MR) is 100 cm³/mol. The number of tetrazole rings is 1. The summed E-state index contributed by atoms with van der Waals surface area (Å²) in [7, 11) is 1.84. The van der Waals surface area contributed by atoms with E-state index in [-0.39, 0.29) is 6.04 Å². The van der Waals surface area contributed by atoms with E-state index in [9.17, 15) is 5.11 Å². The van der Waals surface area contributed by atoms with E-state index in [4.69, 9.17) is 9.84 Å². The van der Waals surface area contributed by atoms with Gasteiger partial charge in [0.2, 0.25) is 0 Å². The molecule has 1 aliphatic heterocycles. The Morgan fingerprint density at radius 1 is 1.25 bits per heavy atom. The molecule has 4 heterocycles. The third-order valence-electron chi connectivity index (χ3n) is 5.72. The highest BCUT2D eigenvalue weighted by atomic mass is 16.5. The molecule has 0 amide bonds. The summed E-state index contributed by atoms with van der Waals surface area (Å²) in [5.74, 6) is 1.52. The van der Waals surface area contributed by atoms with E-state index in [1.807, 2.05) is 17.6 Å². The van der Waals surface area contributed by atoms with Gasteiger partial charge in [0.25, 0.3) is 0 Å². The van der Waals surface area contributed by atoms with Gasteiger partial charge in [0.15, 0.2) is 5.82 Å². The highest BCUT2D eigenvalue weighted by molar-refractivity contribution is 5.69. The third kappa shape index (κ3) is 3.02. The minimum Gasteiger partial charge on any atom is -0.390 e. The molecule has 1 unspecified atom stereocenters. The van der Waals surface area contributed by atoms with Crippen molar-refractivity contribution in [2.75, 3.05) is 13.2 Å². The van der Waals surface area contributed by atoms with Crippen LogP contribution < -0.4 is 0 Å². The van der Waals surface area contributed by atoms with E-state index in [1.54, 1.807) is 10.9 Å². The molecule has 0 spiro atoms. The first-order valence-corrected chi connectivity index (χ1v) is 9.79. The second kappa shape index (κ2) is 7.10. The number of ether oxygens (including phenoxy) is 1. The number of aliphatic hydroxyl groups is 1. The second-order valence-corrected chi connectivity index (χ2v) is 7.57. The van der Waals surface area contributed by atoms with Crippen molar-refractivity contribution in [3.05, 3.63) is 23.3 Å². The Bertz CT molecular complexity index is 977. The summed E-state index contributed by atoms with van der Waals surface area (Å²) in [6.45, 7) is 0.893. The summed E-state index contributed by atoms with van der Waals surface area (Å²) < 4.78 is 8.91. The lowest BCUT2D eigenvalue weighted by molar-refractivity contribution is -0.0110. The molecule has 148 valence electrons. The molecule has 10 heteroatoms. The Balaban J connectivity index is 1.57. The molecule has 2 fully saturated rings. The number of aromatic nitrogens is 7. The fourth-order valence-corrected chi connectivity index (χ4v) is 4.28. The van der Waals surface area contributed by atoms with Crippen LogP contribution in [0.25, 0.3) is 22.2 Å². The van der Waals surface area contributed by atoms with Gasteiger partial charge in [-0.1, -0.05) is 12.8 Å². The maximum Gasteiger partial charge on any atom is 0.183 e. The van der Waals surface area contributed by atoms with Crippen LogP contribution in [0.5, 0.6) is 0 Å². The Morgan fingerprint density at radius 3 is 2.86 bits per heavy atom. The maximum atomic E-state index is 10.1. The monoisotopic (exact) mass is 383 g/mol. The van der Waals surface area contributed by atoms with Crippen LogP contribution in [0.15, 0.2) is 12.3 Å². The molecule has 2 atom stereocenters. The van der Waals surface area contributed by atoms with Crippen LogP contribution in [0.2, 0.25) is 0 Å². The van der Waals surface area contributed by atoms with Crippen molar-refractivity contribution in [1.82, 2.24) is 34.8 Å². The number of rotatable bonds is 4. The van der Waals surface area contributed by atoms with Gasteiger partial charge in [0, 0.05) is 42.8 Å². The third-order valence-corrected chi connectivity index (χ3v) is 5.72. The molecule has 5 rings (SSSR count). The van der Waals surface area contributed by atoms with E-state index in [0.717, 1.165) is 35.4 Å². The summed E-state index contributed by atoms with van der Waals surface area (Å²) in [5, 5.41) is 31.4. The molecule has 28 heavy (non-hydrogen) atoms. The van der Waals surface area contributed by atoms with Gasteiger partial charge >= 0.3 is 0 Å². The zero-order valence-electron chi connectivity index (χ0n) is 15.8. The van der Waals surface area contributed by atoms with Crippen LogP contribution in [0.4, 0.5) is 5.95 Å². The van der Waals surface area contributed by atoms with Crippen molar-refractivity contribution >= 4 is 11.5 Å². The largest absolute Gasteiger partial charge is 0.390 e. The first kappa shape index (κ1) is 17.5. The first-order valence-electron chi connectivity index (χ1n) is 9.79. The zero-order valence-corrected chi connectivity index (χ0v) is 15.8. The SMILES string of the molecule is Cn1nnnc1-c1cc2cnc([N-]C3CCOC[C@H]3O)nn2c1C1CCCC1. The van der Waals surface area contributed by atoms with Gasteiger partial charge in [-0.3, -0.25) is 9.61 Å². The molecule has 0 aromatic carbocycles. The summed E-state index contributed by atoms with van der Waals surface area (Å²) in [5.41, 5.74) is 3.01. The maximum absolute atomic E-state index is 10.1. The normalized spacial score (nSPS) is 23.5. The summed E-state index contributed by atoms with van der Waals surface area (Å²) in [6, 6.07) is 1.81. The average Bonchev–Trinajstić information content (AvgIpc) is 3.42. The molecule has 1 saturated carbocycles.